The number of amides is 1. The summed E-state index contributed by atoms with van der Waals surface area (Å²) < 4.78 is 13.1. The van der Waals surface area contributed by atoms with E-state index < -0.39 is 0 Å². The molecule has 1 aliphatic heterocycles. The van der Waals surface area contributed by atoms with Gasteiger partial charge in [-0.2, -0.15) is 0 Å². The van der Waals surface area contributed by atoms with Crippen LogP contribution in [0.15, 0.2) is 18.2 Å². The highest BCUT2D eigenvalue weighted by Crippen LogP contribution is 2.10. The Labute approximate surface area is 100 Å². The normalized spacial score (nSPS) is 20.1. The van der Waals surface area contributed by atoms with Crippen LogP contribution in [-0.4, -0.2) is 18.5 Å². The molecule has 92 valence electrons. The van der Waals surface area contributed by atoms with E-state index in [4.69, 9.17) is 0 Å². The molecule has 1 fully saturated rings. The van der Waals surface area contributed by atoms with Gasteiger partial charge in [-0.25, -0.2) is 4.39 Å². The number of halogens is 1. The Kier molecular flexibility index (Phi) is 3.74. The van der Waals surface area contributed by atoms with Gasteiger partial charge in [0, 0.05) is 13.1 Å². The fraction of sp³-hybridized carbons (Fsp3) is 0.462. The maximum Gasteiger partial charge on any atom is 0.237 e. The second-order valence-corrected chi connectivity index (χ2v) is 4.45. The number of piperidine rings is 1. The van der Waals surface area contributed by atoms with E-state index >= 15 is 0 Å². The minimum Gasteiger partial charge on any atom is -0.355 e. The Morgan fingerprint density at radius 3 is 3.06 bits per heavy atom. The Balaban J connectivity index is 1.92. The summed E-state index contributed by atoms with van der Waals surface area (Å²) in [5.41, 5.74) is 1.64. The van der Waals surface area contributed by atoms with Crippen LogP contribution in [0.1, 0.15) is 24.0 Å². The Morgan fingerprint density at radius 1 is 1.53 bits per heavy atom. The molecule has 3 nitrogen and oxygen atoms in total. The van der Waals surface area contributed by atoms with E-state index in [0.717, 1.165) is 24.9 Å². The van der Waals surface area contributed by atoms with Crippen LogP contribution in [0.3, 0.4) is 0 Å². The van der Waals surface area contributed by atoms with Crippen molar-refractivity contribution in [1.29, 1.82) is 0 Å². The first-order valence-corrected chi connectivity index (χ1v) is 5.93. The molecule has 0 bridgehead atoms. The minimum atomic E-state index is -0.191. The van der Waals surface area contributed by atoms with Crippen molar-refractivity contribution in [1.82, 2.24) is 10.6 Å². The highest BCUT2D eigenvalue weighted by Gasteiger charge is 2.20. The highest BCUT2D eigenvalue weighted by molar-refractivity contribution is 5.82. The highest BCUT2D eigenvalue weighted by atomic mass is 19.1. The molecule has 0 radical (unpaired) electrons. The Bertz CT molecular complexity index is 420. The lowest BCUT2D eigenvalue weighted by Crippen LogP contribution is -2.47. The van der Waals surface area contributed by atoms with Crippen molar-refractivity contribution in [2.75, 3.05) is 6.54 Å². The Morgan fingerprint density at radius 2 is 2.35 bits per heavy atom. The summed E-state index contributed by atoms with van der Waals surface area (Å²) in [4.78, 5) is 11.5. The first-order valence-electron chi connectivity index (χ1n) is 5.93. The SMILES string of the molecule is Cc1cc(CNC2CCCNC2=O)ccc1F. The monoisotopic (exact) mass is 236 g/mol. The van der Waals surface area contributed by atoms with Crippen molar-refractivity contribution in [3.63, 3.8) is 0 Å². The van der Waals surface area contributed by atoms with Gasteiger partial charge in [-0.05, 0) is 37.0 Å². The van der Waals surface area contributed by atoms with Gasteiger partial charge in [-0.15, -0.1) is 0 Å². The van der Waals surface area contributed by atoms with Gasteiger partial charge in [-0.1, -0.05) is 12.1 Å². The predicted molar refractivity (Wildman–Crippen MR) is 64.0 cm³/mol. The lowest BCUT2D eigenvalue weighted by Gasteiger charge is -2.22. The molecule has 1 aromatic carbocycles. The molecular formula is C13H17FN2O. The van der Waals surface area contributed by atoms with Gasteiger partial charge in [0.15, 0.2) is 0 Å². The van der Waals surface area contributed by atoms with Gasteiger partial charge in [0.25, 0.3) is 0 Å². The maximum absolute atomic E-state index is 13.1. The third kappa shape index (κ3) is 3.03. The fourth-order valence-corrected chi connectivity index (χ4v) is 2.02. The van der Waals surface area contributed by atoms with E-state index in [1.807, 2.05) is 6.07 Å². The van der Waals surface area contributed by atoms with Crippen LogP contribution >= 0.6 is 0 Å². The molecule has 0 aliphatic carbocycles. The third-order valence-corrected chi connectivity index (χ3v) is 3.06. The second kappa shape index (κ2) is 5.27. The van der Waals surface area contributed by atoms with Gasteiger partial charge in [0.05, 0.1) is 6.04 Å². The molecule has 0 saturated carbocycles. The Hall–Kier alpha value is -1.42. The second-order valence-electron chi connectivity index (χ2n) is 4.45. The van der Waals surface area contributed by atoms with Gasteiger partial charge in [0.1, 0.15) is 5.82 Å². The van der Waals surface area contributed by atoms with Crippen LogP contribution in [0.25, 0.3) is 0 Å². The van der Waals surface area contributed by atoms with Crippen molar-refractivity contribution < 1.29 is 9.18 Å². The number of rotatable bonds is 3. The zero-order chi connectivity index (χ0) is 12.3. The maximum atomic E-state index is 13.1. The molecular weight excluding hydrogens is 219 g/mol. The number of carbonyl (C=O) groups is 1. The molecule has 1 amide bonds. The van der Waals surface area contributed by atoms with Gasteiger partial charge in [-0.3, -0.25) is 4.79 Å². The minimum absolute atomic E-state index is 0.0649. The van der Waals surface area contributed by atoms with Crippen LogP contribution in [0.2, 0.25) is 0 Å². The number of hydrogen-bond donors (Lipinski definition) is 2. The number of nitrogens with one attached hydrogen (secondary N) is 2. The lowest BCUT2D eigenvalue weighted by molar-refractivity contribution is -0.124. The van der Waals surface area contributed by atoms with E-state index in [-0.39, 0.29) is 17.8 Å². The molecule has 4 heteroatoms. The smallest absolute Gasteiger partial charge is 0.237 e. The van der Waals surface area contributed by atoms with Crippen LogP contribution in [-0.2, 0) is 11.3 Å². The molecule has 1 saturated heterocycles. The summed E-state index contributed by atoms with van der Waals surface area (Å²) in [6.07, 6.45) is 1.87. The first kappa shape index (κ1) is 12.0. The molecule has 17 heavy (non-hydrogen) atoms. The molecule has 1 unspecified atom stereocenters. The van der Waals surface area contributed by atoms with E-state index in [1.165, 1.54) is 6.07 Å². The third-order valence-electron chi connectivity index (χ3n) is 3.06. The van der Waals surface area contributed by atoms with E-state index in [2.05, 4.69) is 10.6 Å². The molecule has 1 aromatic rings. The van der Waals surface area contributed by atoms with Crippen molar-refractivity contribution in [3.05, 3.63) is 35.1 Å². The predicted octanol–water partition coefficient (Wildman–Crippen LogP) is 1.50. The van der Waals surface area contributed by atoms with Gasteiger partial charge >= 0.3 is 0 Å². The number of benzene rings is 1. The molecule has 1 atom stereocenters. The van der Waals surface area contributed by atoms with E-state index in [1.54, 1.807) is 13.0 Å². The zero-order valence-corrected chi connectivity index (χ0v) is 9.92. The summed E-state index contributed by atoms with van der Waals surface area (Å²) in [6, 6.07) is 4.90. The summed E-state index contributed by atoms with van der Waals surface area (Å²) in [5.74, 6) is -0.126. The van der Waals surface area contributed by atoms with Crippen LogP contribution in [0.5, 0.6) is 0 Å². The average molecular weight is 236 g/mol. The standard InChI is InChI=1S/C13H17FN2O/c1-9-7-10(4-5-11(9)14)8-16-12-3-2-6-15-13(12)17/h4-5,7,12,16H,2-3,6,8H2,1H3,(H,15,17). The summed E-state index contributed by atoms with van der Waals surface area (Å²) in [7, 11) is 0. The molecule has 0 spiro atoms. The molecule has 2 rings (SSSR count). The quantitative estimate of drug-likeness (QED) is 0.835. The first-order chi connectivity index (χ1) is 8.16. The fourth-order valence-electron chi connectivity index (χ4n) is 2.02. The van der Waals surface area contributed by atoms with Crippen molar-refractivity contribution >= 4 is 5.91 Å². The average Bonchev–Trinajstić information content (AvgIpc) is 2.32. The molecule has 1 heterocycles. The number of carbonyl (C=O) groups excluding carboxylic acids is 1. The van der Waals surface area contributed by atoms with Crippen LogP contribution in [0.4, 0.5) is 4.39 Å². The molecule has 1 aliphatic rings. The summed E-state index contributed by atoms with van der Waals surface area (Å²) in [5, 5.41) is 6.03. The molecule has 0 aromatic heterocycles. The number of aryl methyl sites for hydroxylation is 1. The van der Waals surface area contributed by atoms with Gasteiger partial charge < -0.3 is 10.6 Å². The topological polar surface area (TPSA) is 41.1 Å². The zero-order valence-electron chi connectivity index (χ0n) is 9.92. The van der Waals surface area contributed by atoms with E-state index in [9.17, 15) is 9.18 Å². The van der Waals surface area contributed by atoms with Crippen LogP contribution in [0, 0.1) is 12.7 Å². The van der Waals surface area contributed by atoms with Crippen LogP contribution < -0.4 is 10.6 Å². The summed E-state index contributed by atoms with van der Waals surface area (Å²) >= 11 is 0. The van der Waals surface area contributed by atoms with Gasteiger partial charge in [0.2, 0.25) is 5.91 Å². The van der Waals surface area contributed by atoms with Crippen molar-refractivity contribution in [2.45, 2.75) is 32.4 Å². The summed E-state index contributed by atoms with van der Waals surface area (Å²) in [6.45, 7) is 3.11. The van der Waals surface area contributed by atoms with Crippen molar-refractivity contribution in [3.8, 4) is 0 Å². The van der Waals surface area contributed by atoms with Crippen molar-refractivity contribution in [2.24, 2.45) is 0 Å². The van der Waals surface area contributed by atoms with E-state index in [0.29, 0.717) is 12.1 Å². The number of hydrogen-bond acceptors (Lipinski definition) is 2. The lowest BCUT2D eigenvalue weighted by atomic mass is 10.1. The largest absolute Gasteiger partial charge is 0.355 e. The molecule has 2 N–H and O–H groups in total.